The summed E-state index contributed by atoms with van der Waals surface area (Å²) in [5.74, 6) is 0.0650. The minimum Gasteiger partial charge on any atom is -0.356 e. The molecule has 0 aliphatic carbocycles. The van der Waals surface area contributed by atoms with Crippen LogP contribution >= 0.6 is 0 Å². The van der Waals surface area contributed by atoms with Crippen LogP contribution in [0.25, 0.3) is 0 Å². The van der Waals surface area contributed by atoms with E-state index in [0.717, 1.165) is 0 Å². The van der Waals surface area contributed by atoms with Gasteiger partial charge in [0.05, 0.1) is 0 Å². The molecule has 0 aromatic rings. The third-order valence-corrected chi connectivity index (χ3v) is 1.29. The molecular formula is C7H11NO2. The monoisotopic (exact) mass is 141 g/mol. The van der Waals surface area contributed by atoms with Gasteiger partial charge in [-0.3, -0.25) is 0 Å². The number of hydrogen-bond acceptors (Lipinski definition) is 3. The molecule has 10 heavy (non-hydrogen) atoms. The molecule has 0 aromatic heterocycles. The first-order chi connectivity index (χ1) is 4.76. The average molecular weight is 141 g/mol. The Morgan fingerprint density at radius 3 is 2.40 bits per heavy atom. The van der Waals surface area contributed by atoms with Crippen LogP contribution in [0, 0.1) is 10.8 Å². The van der Waals surface area contributed by atoms with Crippen LogP contribution in [0.2, 0.25) is 0 Å². The molecule has 56 valence electrons. The lowest BCUT2D eigenvalue weighted by Crippen LogP contribution is -2.14. The fraction of sp³-hybridized carbons (Fsp3) is 0.429. The smallest absolute Gasteiger partial charge is 0.155 e. The van der Waals surface area contributed by atoms with Crippen LogP contribution in [0.5, 0.6) is 0 Å². The molecule has 3 nitrogen and oxygen atoms in total. The second-order valence-corrected chi connectivity index (χ2v) is 1.98. The Bertz CT molecular complexity index is 134. The van der Waals surface area contributed by atoms with Crippen molar-refractivity contribution in [2.45, 2.75) is 13.0 Å². The molecule has 0 amide bonds. The Morgan fingerprint density at radius 1 is 1.50 bits per heavy atom. The van der Waals surface area contributed by atoms with E-state index in [1.807, 2.05) is 6.92 Å². The quantitative estimate of drug-likeness (QED) is 0.334. The van der Waals surface area contributed by atoms with E-state index in [9.17, 15) is 4.91 Å². The topological polar surface area (TPSA) is 38.7 Å². The van der Waals surface area contributed by atoms with Crippen molar-refractivity contribution in [2.24, 2.45) is 11.3 Å². The SMILES string of the molecule is C=CC(C)C(C=C)ON=O. The molecule has 0 fully saturated rings. The summed E-state index contributed by atoms with van der Waals surface area (Å²) in [4.78, 5) is 14.1. The molecule has 0 N–H and O–H groups in total. The van der Waals surface area contributed by atoms with E-state index in [4.69, 9.17) is 0 Å². The van der Waals surface area contributed by atoms with E-state index < -0.39 is 0 Å². The second kappa shape index (κ2) is 4.73. The summed E-state index contributed by atoms with van der Waals surface area (Å²) in [7, 11) is 0. The third kappa shape index (κ3) is 2.44. The first-order valence-electron chi connectivity index (χ1n) is 2.99. The number of nitrogens with zero attached hydrogens (tertiary/aromatic N) is 1. The molecule has 0 rings (SSSR count). The maximum atomic E-state index is 9.64. The summed E-state index contributed by atoms with van der Waals surface area (Å²) in [6, 6.07) is 0. The van der Waals surface area contributed by atoms with Crippen molar-refractivity contribution >= 4 is 0 Å². The van der Waals surface area contributed by atoms with Crippen molar-refractivity contribution in [2.75, 3.05) is 0 Å². The molecular weight excluding hydrogens is 130 g/mol. The molecule has 0 saturated carbocycles. The van der Waals surface area contributed by atoms with Gasteiger partial charge in [-0.2, -0.15) is 0 Å². The van der Waals surface area contributed by atoms with Crippen molar-refractivity contribution in [3.05, 3.63) is 30.2 Å². The normalized spacial score (nSPS) is 14.9. The van der Waals surface area contributed by atoms with Gasteiger partial charge in [-0.15, -0.1) is 11.5 Å². The standard InChI is InChI=1S/C7H11NO2/c1-4-6(3)7(5-2)10-8-9/h4-7H,1-2H2,3H3. The highest BCUT2D eigenvalue weighted by Gasteiger charge is 2.11. The van der Waals surface area contributed by atoms with E-state index in [-0.39, 0.29) is 12.0 Å². The molecule has 3 heteroatoms. The van der Waals surface area contributed by atoms with Gasteiger partial charge in [0.25, 0.3) is 0 Å². The molecule has 2 atom stereocenters. The molecule has 0 radical (unpaired) electrons. The van der Waals surface area contributed by atoms with Crippen LogP contribution in [0.3, 0.4) is 0 Å². The zero-order chi connectivity index (χ0) is 7.98. The highest BCUT2D eigenvalue weighted by molar-refractivity contribution is 4.91. The van der Waals surface area contributed by atoms with E-state index in [1.54, 1.807) is 6.08 Å². The highest BCUT2D eigenvalue weighted by Crippen LogP contribution is 2.09. The minimum atomic E-state index is -0.352. The van der Waals surface area contributed by atoms with Gasteiger partial charge >= 0.3 is 0 Å². The Hall–Kier alpha value is -1.12. The summed E-state index contributed by atoms with van der Waals surface area (Å²) in [5, 5.41) is 2.31. The van der Waals surface area contributed by atoms with Gasteiger partial charge < -0.3 is 4.84 Å². The van der Waals surface area contributed by atoms with Crippen molar-refractivity contribution in [1.29, 1.82) is 0 Å². The van der Waals surface area contributed by atoms with E-state index in [0.29, 0.717) is 0 Å². The molecule has 0 heterocycles. The fourth-order valence-corrected chi connectivity index (χ4v) is 0.537. The molecule has 0 spiro atoms. The van der Waals surface area contributed by atoms with Crippen LogP contribution < -0.4 is 0 Å². The molecule has 0 bridgehead atoms. The first-order valence-corrected chi connectivity index (χ1v) is 2.99. The van der Waals surface area contributed by atoms with Crippen molar-refractivity contribution in [3.63, 3.8) is 0 Å². The van der Waals surface area contributed by atoms with Crippen LogP contribution in [-0.2, 0) is 4.84 Å². The lowest BCUT2D eigenvalue weighted by atomic mass is 10.1. The fourth-order valence-electron chi connectivity index (χ4n) is 0.537. The van der Waals surface area contributed by atoms with Gasteiger partial charge in [0, 0.05) is 5.92 Å². The minimum absolute atomic E-state index is 0.0650. The van der Waals surface area contributed by atoms with Crippen molar-refractivity contribution in [3.8, 4) is 0 Å². The first kappa shape index (κ1) is 8.88. The maximum Gasteiger partial charge on any atom is 0.155 e. The predicted octanol–water partition coefficient (Wildman–Crippen LogP) is 2.06. The third-order valence-electron chi connectivity index (χ3n) is 1.29. The van der Waals surface area contributed by atoms with Gasteiger partial charge in [0.15, 0.2) is 11.4 Å². The summed E-state index contributed by atoms with van der Waals surface area (Å²) in [6.45, 7) is 8.88. The molecule has 0 aromatic carbocycles. The Morgan fingerprint density at radius 2 is 2.10 bits per heavy atom. The van der Waals surface area contributed by atoms with Gasteiger partial charge in [-0.05, 0) is 6.08 Å². The largest absolute Gasteiger partial charge is 0.356 e. The molecule has 0 saturated heterocycles. The zero-order valence-electron chi connectivity index (χ0n) is 5.99. The van der Waals surface area contributed by atoms with Crippen molar-refractivity contribution < 1.29 is 4.84 Å². The van der Waals surface area contributed by atoms with Gasteiger partial charge in [-0.1, -0.05) is 19.6 Å². The molecule has 0 aliphatic rings. The van der Waals surface area contributed by atoms with Crippen LogP contribution in [-0.4, -0.2) is 6.10 Å². The Kier molecular flexibility index (Phi) is 4.20. The summed E-state index contributed by atoms with van der Waals surface area (Å²) >= 11 is 0. The zero-order valence-corrected chi connectivity index (χ0v) is 5.99. The average Bonchev–Trinajstić information content (AvgIpc) is 1.99. The summed E-state index contributed by atoms with van der Waals surface area (Å²) in [5.41, 5.74) is 0. The summed E-state index contributed by atoms with van der Waals surface area (Å²) in [6.07, 6.45) is 2.85. The van der Waals surface area contributed by atoms with E-state index in [1.165, 1.54) is 6.08 Å². The van der Waals surface area contributed by atoms with Gasteiger partial charge in [-0.25, -0.2) is 0 Å². The lowest BCUT2D eigenvalue weighted by molar-refractivity contribution is 0.0654. The molecule has 0 aliphatic heterocycles. The van der Waals surface area contributed by atoms with E-state index in [2.05, 4.69) is 23.3 Å². The summed E-state index contributed by atoms with van der Waals surface area (Å²) < 4.78 is 0. The Balaban J connectivity index is 3.90. The van der Waals surface area contributed by atoms with Gasteiger partial charge in [0.2, 0.25) is 0 Å². The van der Waals surface area contributed by atoms with Crippen LogP contribution in [0.1, 0.15) is 6.92 Å². The highest BCUT2D eigenvalue weighted by atomic mass is 16.7. The lowest BCUT2D eigenvalue weighted by Gasteiger charge is -2.11. The number of rotatable bonds is 5. The van der Waals surface area contributed by atoms with Crippen LogP contribution in [0.4, 0.5) is 0 Å². The van der Waals surface area contributed by atoms with E-state index >= 15 is 0 Å². The number of hydrogen-bond donors (Lipinski definition) is 0. The molecule has 2 unspecified atom stereocenters. The van der Waals surface area contributed by atoms with Crippen LogP contribution in [0.15, 0.2) is 30.7 Å². The predicted molar refractivity (Wildman–Crippen MR) is 40.2 cm³/mol. The van der Waals surface area contributed by atoms with Crippen molar-refractivity contribution in [1.82, 2.24) is 0 Å². The maximum absolute atomic E-state index is 9.64. The second-order valence-electron chi connectivity index (χ2n) is 1.98. The van der Waals surface area contributed by atoms with Gasteiger partial charge in [0.1, 0.15) is 0 Å². The Labute approximate surface area is 60.3 Å².